The van der Waals surface area contributed by atoms with Crippen molar-refractivity contribution in [2.24, 2.45) is 0 Å². The maximum absolute atomic E-state index is 14.4. The van der Waals surface area contributed by atoms with E-state index < -0.39 is 5.82 Å². The average molecular weight is 269 g/mol. The monoisotopic (exact) mass is 269 g/mol. The van der Waals surface area contributed by atoms with Crippen LogP contribution in [0.3, 0.4) is 0 Å². The molecule has 0 amide bonds. The minimum Gasteiger partial charge on any atom is -0.505 e. The maximum atomic E-state index is 14.4. The topological polar surface area (TPSA) is 69.8 Å². The number of aromatic hydroxyl groups is 1. The van der Waals surface area contributed by atoms with Crippen LogP contribution in [0.25, 0.3) is 11.3 Å². The summed E-state index contributed by atoms with van der Waals surface area (Å²) in [5.41, 5.74) is 0.945. The fourth-order valence-electron chi connectivity index (χ4n) is 2.43. The highest BCUT2D eigenvalue weighted by Crippen LogP contribution is 2.43. The summed E-state index contributed by atoms with van der Waals surface area (Å²) in [6.07, 6.45) is 5.83. The standard InChI is InChI=1S/C15H12FN3O/c16-13-11(14-12(8-17)18-6-7-19-14)5-4-10(15(13)20)9-2-1-3-9/h4-7,9,20H,1-3H2. The van der Waals surface area contributed by atoms with Gasteiger partial charge in [0.05, 0.1) is 0 Å². The lowest BCUT2D eigenvalue weighted by Crippen LogP contribution is -2.09. The Labute approximate surface area is 115 Å². The largest absolute Gasteiger partial charge is 0.505 e. The Morgan fingerprint density at radius 3 is 2.65 bits per heavy atom. The number of nitrogens with zero attached hydrogens (tertiary/aromatic N) is 3. The van der Waals surface area contributed by atoms with E-state index in [9.17, 15) is 9.50 Å². The first kappa shape index (κ1) is 12.5. The van der Waals surface area contributed by atoms with Gasteiger partial charge in [0.1, 0.15) is 11.8 Å². The number of phenolic OH excluding ortho intramolecular Hbond substituents is 1. The van der Waals surface area contributed by atoms with E-state index in [1.54, 1.807) is 12.1 Å². The Morgan fingerprint density at radius 2 is 2.00 bits per heavy atom. The second kappa shape index (κ2) is 4.89. The summed E-state index contributed by atoms with van der Waals surface area (Å²) in [6.45, 7) is 0. The molecule has 1 aromatic carbocycles. The van der Waals surface area contributed by atoms with Crippen molar-refractivity contribution in [3.63, 3.8) is 0 Å². The minimum atomic E-state index is -0.730. The van der Waals surface area contributed by atoms with E-state index in [1.807, 2.05) is 6.07 Å². The number of nitriles is 1. The van der Waals surface area contributed by atoms with E-state index in [-0.39, 0.29) is 28.6 Å². The zero-order chi connectivity index (χ0) is 14.1. The molecule has 0 spiro atoms. The minimum absolute atomic E-state index is 0.0437. The van der Waals surface area contributed by atoms with Gasteiger partial charge in [-0.05, 0) is 24.8 Å². The third-order valence-electron chi connectivity index (χ3n) is 3.75. The number of halogens is 1. The molecule has 4 nitrogen and oxygen atoms in total. The van der Waals surface area contributed by atoms with Crippen LogP contribution in [-0.2, 0) is 0 Å². The highest BCUT2D eigenvalue weighted by atomic mass is 19.1. The van der Waals surface area contributed by atoms with E-state index in [4.69, 9.17) is 5.26 Å². The van der Waals surface area contributed by atoms with Crippen molar-refractivity contribution in [1.29, 1.82) is 5.26 Å². The molecular weight excluding hydrogens is 257 g/mol. The zero-order valence-corrected chi connectivity index (χ0v) is 10.7. The van der Waals surface area contributed by atoms with Crippen molar-refractivity contribution in [1.82, 2.24) is 9.97 Å². The van der Waals surface area contributed by atoms with E-state index in [0.29, 0.717) is 5.56 Å². The molecule has 0 unspecified atom stereocenters. The number of hydrogen-bond acceptors (Lipinski definition) is 4. The van der Waals surface area contributed by atoms with E-state index in [1.165, 1.54) is 12.4 Å². The van der Waals surface area contributed by atoms with Crippen LogP contribution >= 0.6 is 0 Å². The van der Waals surface area contributed by atoms with Gasteiger partial charge in [0.15, 0.2) is 17.3 Å². The fraction of sp³-hybridized carbons (Fsp3) is 0.267. The number of phenols is 1. The predicted octanol–water partition coefficient (Wildman–Crippen LogP) is 3.13. The number of aromatic nitrogens is 2. The number of rotatable bonds is 2. The van der Waals surface area contributed by atoms with E-state index in [2.05, 4.69) is 9.97 Å². The SMILES string of the molecule is N#Cc1nccnc1-c1ccc(C2CCC2)c(O)c1F. The second-order valence-corrected chi connectivity index (χ2v) is 4.86. The summed E-state index contributed by atoms with van der Waals surface area (Å²) in [5, 5.41) is 19.0. The normalized spacial score (nSPS) is 14.6. The van der Waals surface area contributed by atoms with Gasteiger partial charge in [-0.2, -0.15) is 5.26 Å². The molecule has 0 bridgehead atoms. The van der Waals surface area contributed by atoms with Gasteiger partial charge in [-0.1, -0.05) is 12.5 Å². The molecule has 0 aliphatic heterocycles. The van der Waals surface area contributed by atoms with Crippen LogP contribution < -0.4 is 0 Å². The first-order valence-electron chi connectivity index (χ1n) is 6.45. The van der Waals surface area contributed by atoms with Gasteiger partial charge in [-0.15, -0.1) is 0 Å². The molecule has 1 fully saturated rings. The van der Waals surface area contributed by atoms with Crippen molar-refractivity contribution in [2.45, 2.75) is 25.2 Å². The van der Waals surface area contributed by atoms with Crippen molar-refractivity contribution in [3.8, 4) is 23.1 Å². The third kappa shape index (κ3) is 1.90. The molecule has 1 aliphatic rings. The van der Waals surface area contributed by atoms with Crippen molar-refractivity contribution < 1.29 is 9.50 Å². The third-order valence-corrected chi connectivity index (χ3v) is 3.75. The van der Waals surface area contributed by atoms with Gasteiger partial charge in [-0.25, -0.2) is 9.37 Å². The van der Waals surface area contributed by atoms with Gasteiger partial charge in [-0.3, -0.25) is 4.98 Å². The van der Waals surface area contributed by atoms with Crippen molar-refractivity contribution in [2.75, 3.05) is 0 Å². The lowest BCUT2D eigenvalue weighted by atomic mass is 9.79. The molecule has 0 radical (unpaired) electrons. The predicted molar refractivity (Wildman–Crippen MR) is 70.4 cm³/mol. The summed E-state index contributed by atoms with van der Waals surface area (Å²) >= 11 is 0. The van der Waals surface area contributed by atoms with Crippen LogP contribution in [0.4, 0.5) is 4.39 Å². The van der Waals surface area contributed by atoms with Crippen LogP contribution in [0.2, 0.25) is 0 Å². The fourth-order valence-corrected chi connectivity index (χ4v) is 2.43. The van der Waals surface area contributed by atoms with Gasteiger partial charge < -0.3 is 5.11 Å². The average Bonchev–Trinajstić information content (AvgIpc) is 2.42. The molecule has 0 atom stereocenters. The lowest BCUT2D eigenvalue weighted by molar-refractivity contribution is 0.378. The van der Waals surface area contributed by atoms with Crippen molar-refractivity contribution in [3.05, 3.63) is 41.6 Å². The Morgan fingerprint density at radius 1 is 1.25 bits per heavy atom. The summed E-state index contributed by atoms with van der Waals surface area (Å²) in [6, 6.07) is 5.16. The highest BCUT2D eigenvalue weighted by molar-refractivity contribution is 5.68. The van der Waals surface area contributed by atoms with Crippen LogP contribution in [0.15, 0.2) is 24.5 Å². The molecule has 1 saturated carbocycles. The summed E-state index contributed by atoms with van der Waals surface area (Å²) < 4.78 is 14.4. The Hall–Kier alpha value is -2.48. The van der Waals surface area contributed by atoms with Gasteiger partial charge in [0.25, 0.3) is 0 Å². The maximum Gasteiger partial charge on any atom is 0.174 e. The first-order valence-corrected chi connectivity index (χ1v) is 6.45. The molecule has 1 heterocycles. The van der Waals surface area contributed by atoms with E-state index >= 15 is 0 Å². The highest BCUT2D eigenvalue weighted by Gasteiger charge is 2.26. The molecular formula is C15H12FN3O. The smallest absolute Gasteiger partial charge is 0.174 e. The van der Waals surface area contributed by atoms with Gasteiger partial charge in [0, 0.05) is 23.5 Å². The molecule has 1 aromatic heterocycles. The summed E-state index contributed by atoms with van der Waals surface area (Å²) in [4.78, 5) is 7.85. The Kier molecular flexibility index (Phi) is 3.07. The molecule has 100 valence electrons. The van der Waals surface area contributed by atoms with Gasteiger partial charge in [0.2, 0.25) is 0 Å². The van der Waals surface area contributed by atoms with Crippen LogP contribution in [0, 0.1) is 17.1 Å². The molecule has 0 saturated heterocycles. The Bertz CT molecular complexity index is 705. The van der Waals surface area contributed by atoms with Crippen LogP contribution in [0.1, 0.15) is 36.4 Å². The second-order valence-electron chi connectivity index (χ2n) is 4.86. The molecule has 20 heavy (non-hydrogen) atoms. The lowest BCUT2D eigenvalue weighted by Gasteiger charge is -2.26. The zero-order valence-electron chi connectivity index (χ0n) is 10.7. The first-order chi connectivity index (χ1) is 9.72. The quantitative estimate of drug-likeness (QED) is 0.909. The Balaban J connectivity index is 2.11. The molecule has 2 aromatic rings. The van der Waals surface area contributed by atoms with E-state index in [0.717, 1.165) is 19.3 Å². The molecule has 1 aliphatic carbocycles. The number of hydrogen-bond donors (Lipinski definition) is 1. The summed E-state index contributed by atoms with van der Waals surface area (Å²) in [5.74, 6) is -0.830. The van der Waals surface area contributed by atoms with Crippen LogP contribution in [0.5, 0.6) is 5.75 Å². The number of benzene rings is 1. The molecule has 5 heteroatoms. The summed E-state index contributed by atoms with van der Waals surface area (Å²) in [7, 11) is 0. The molecule has 3 rings (SSSR count). The molecule has 1 N–H and O–H groups in total. The van der Waals surface area contributed by atoms with Gasteiger partial charge >= 0.3 is 0 Å². The van der Waals surface area contributed by atoms with Crippen molar-refractivity contribution >= 4 is 0 Å². The van der Waals surface area contributed by atoms with Crippen LogP contribution in [-0.4, -0.2) is 15.1 Å².